The number of anilines is 1. The fourth-order valence-electron chi connectivity index (χ4n) is 2.44. The Kier molecular flexibility index (Phi) is 7.14. The highest BCUT2D eigenvalue weighted by Crippen LogP contribution is 2.24. The van der Waals surface area contributed by atoms with Crippen molar-refractivity contribution in [2.45, 2.75) is 26.7 Å². The monoisotopic (exact) mass is 355 g/mol. The molecule has 0 saturated heterocycles. The van der Waals surface area contributed by atoms with E-state index in [1.807, 2.05) is 19.1 Å². The Bertz CT molecular complexity index is 761. The van der Waals surface area contributed by atoms with Gasteiger partial charge < -0.3 is 15.0 Å². The number of hydrogen-bond acceptors (Lipinski definition) is 4. The van der Waals surface area contributed by atoms with Gasteiger partial charge in [0, 0.05) is 25.4 Å². The van der Waals surface area contributed by atoms with Crippen molar-refractivity contribution < 1.29 is 14.3 Å². The van der Waals surface area contributed by atoms with Crippen molar-refractivity contribution in [3.8, 4) is 5.75 Å². The van der Waals surface area contributed by atoms with E-state index in [9.17, 15) is 9.59 Å². The lowest BCUT2D eigenvalue weighted by Crippen LogP contribution is -2.28. The predicted octanol–water partition coefficient (Wildman–Crippen LogP) is 3.60. The molecular formula is C20H25N3O3. The van der Waals surface area contributed by atoms with E-state index in [2.05, 4.69) is 17.2 Å². The summed E-state index contributed by atoms with van der Waals surface area (Å²) in [6.07, 6.45) is 3.43. The molecule has 2 rings (SSSR count). The quantitative estimate of drug-likeness (QED) is 0.785. The number of unbranched alkanes of at least 4 members (excludes halogenated alkanes) is 1. The summed E-state index contributed by atoms with van der Waals surface area (Å²) in [7, 11) is 1.76. The van der Waals surface area contributed by atoms with Crippen LogP contribution in [0.4, 0.5) is 5.69 Å². The molecule has 1 aromatic heterocycles. The van der Waals surface area contributed by atoms with Crippen molar-refractivity contribution in [2.24, 2.45) is 0 Å². The molecule has 0 fully saturated rings. The number of carbonyl (C=O) groups is 2. The van der Waals surface area contributed by atoms with Crippen LogP contribution in [0.5, 0.6) is 5.75 Å². The number of aromatic nitrogens is 1. The van der Waals surface area contributed by atoms with E-state index in [1.165, 1.54) is 12.3 Å². The molecule has 2 amide bonds. The first-order chi connectivity index (χ1) is 12.6. The normalized spacial score (nSPS) is 10.3. The zero-order valence-electron chi connectivity index (χ0n) is 15.5. The van der Waals surface area contributed by atoms with Gasteiger partial charge >= 0.3 is 0 Å². The third kappa shape index (κ3) is 5.05. The van der Waals surface area contributed by atoms with Crippen LogP contribution in [0.3, 0.4) is 0 Å². The van der Waals surface area contributed by atoms with Gasteiger partial charge in [-0.3, -0.25) is 14.6 Å². The lowest BCUT2D eigenvalue weighted by Gasteiger charge is -2.17. The third-order valence-corrected chi connectivity index (χ3v) is 3.87. The fourth-order valence-corrected chi connectivity index (χ4v) is 2.44. The van der Waals surface area contributed by atoms with Crippen LogP contribution in [-0.4, -0.2) is 41.9 Å². The number of para-hydroxylation sites is 2. The zero-order valence-corrected chi connectivity index (χ0v) is 15.5. The van der Waals surface area contributed by atoms with Crippen LogP contribution in [0.1, 0.15) is 47.5 Å². The average molecular weight is 355 g/mol. The summed E-state index contributed by atoms with van der Waals surface area (Å²) in [5, 5.41) is 2.79. The molecule has 6 heteroatoms. The van der Waals surface area contributed by atoms with E-state index in [4.69, 9.17) is 4.74 Å². The maximum absolute atomic E-state index is 12.5. The van der Waals surface area contributed by atoms with E-state index >= 15 is 0 Å². The number of carbonyl (C=O) groups excluding carboxylic acids is 2. The van der Waals surface area contributed by atoms with Crippen molar-refractivity contribution in [2.75, 3.05) is 25.5 Å². The molecular weight excluding hydrogens is 330 g/mol. The van der Waals surface area contributed by atoms with Crippen molar-refractivity contribution in [1.82, 2.24) is 9.88 Å². The minimum absolute atomic E-state index is 0.121. The molecule has 0 atom stereocenters. The van der Waals surface area contributed by atoms with Crippen LogP contribution in [0.2, 0.25) is 0 Å². The second-order valence-corrected chi connectivity index (χ2v) is 5.89. The summed E-state index contributed by atoms with van der Waals surface area (Å²) < 4.78 is 5.51. The Balaban J connectivity index is 2.14. The van der Waals surface area contributed by atoms with Crippen LogP contribution in [0.15, 0.2) is 42.6 Å². The summed E-state index contributed by atoms with van der Waals surface area (Å²) in [5.41, 5.74) is 1.20. The van der Waals surface area contributed by atoms with Crippen LogP contribution in [-0.2, 0) is 0 Å². The summed E-state index contributed by atoms with van der Waals surface area (Å²) in [4.78, 5) is 30.8. The first-order valence-electron chi connectivity index (χ1n) is 8.81. The van der Waals surface area contributed by atoms with Crippen LogP contribution in [0.25, 0.3) is 0 Å². The predicted molar refractivity (Wildman–Crippen MR) is 102 cm³/mol. The smallest absolute Gasteiger partial charge is 0.274 e. The highest BCUT2D eigenvalue weighted by molar-refractivity contribution is 6.05. The number of benzene rings is 1. The largest absolute Gasteiger partial charge is 0.492 e. The van der Waals surface area contributed by atoms with Crippen molar-refractivity contribution in [3.05, 3.63) is 53.9 Å². The molecule has 0 saturated carbocycles. The zero-order chi connectivity index (χ0) is 18.9. The number of pyridine rings is 1. The molecule has 26 heavy (non-hydrogen) atoms. The second-order valence-electron chi connectivity index (χ2n) is 5.89. The maximum atomic E-state index is 12.5. The van der Waals surface area contributed by atoms with E-state index in [0.29, 0.717) is 30.2 Å². The summed E-state index contributed by atoms with van der Waals surface area (Å²) in [5.74, 6) is 0.0857. The van der Waals surface area contributed by atoms with E-state index in [1.54, 1.807) is 30.1 Å². The topological polar surface area (TPSA) is 71.5 Å². The van der Waals surface area contributed by atoms with Crippen LogP contribution >= 0.6 is 0 Å². The maximum Gasteiger partial charge on any atom is 0.274 e. The molecule has 0 spiro atoms. The Morgan fingerprint density at radius 2 is 1.96 bits per heavy atom. The number of nitrogens with zero attached hydrogens (tertiary/aromatic N) is 2. The molecule has 1 heterocycles. The minimum Gasteiger partial charge on any atom is -0.492 e. The Morgan fingerprint density at radius 3 is 2.69 bits per heavy atom. The summed E-state index contributed by atoms with van der Waals surface area (Å²) >= 11 is 0. The van der Waals surface area contributed by atoms with E-state index < -0.39 is 0 Å². The number of hydrogen-bond donors (Lipinski definition) is 1. The second kappa shape index (κ2) is 9.56. The first kappa shape index (κ1) is 19.4. The van der Waals surface area contributed by atoms with Gasteiger partial charge in [-0.25, -0.2) is 0 Å². The number of rotatable bonds is 8. The third-order valence-electron chi connectivity index (χ3n) is 3.87. The number of ether oxygens (including phenoxy) is 1. The molecule has 0 aliphatic carbocycles. The van der Waals surface area contributed by atoms with Gasteiger partial charge in [-0.1, -0.05) is 25.5 Å². The highest BCUT2D eigenvalue weighted by Gasteiger charge is 2.16. The Hall–Kier alpha value is -2.89. The lowest BCUT2D eigenvalue weighted by atomic mass is 10.2. The van der Waals surface area contributed by atoms with Gasteiger partial charge in [0.1, 0.15) is 11.4 Å². The van der Waals surface area contributed by atoms with Crippen molar-refractivity contribution in [1.29, 1.82) is 0 Å². The molecule has 0 bridgehead atoms. The number of nitrogens with one attached hydrogen (secondary N) is 1. The average Bonchev–Trinajstić information content (AvgIpc) is 2.67. The molecule has 138 valence electrons. The molecule has 0 unspecified atom stereocenters. The SMILES string of the molecule is CCCCN(C)C(=O)c1ccnc(C(=O)Nc2ccccc2OCC)c1. The van der Waals surface area contributed by atoms with Gasteiger partial charge in [-0.05, 0) is 37.6 Å². The van der Waals surface area contributed by atoms with Gasteiger partial charge in [0.25, 0.3) is 11.8 Å². The van der Waals surface area contributed by atoms with Gasteiger partial charge in [0.2, 0.25) is 0 Å². The lowest BCUT2D eigenvalue weighted by molar-refractivity contribution is 0.0793. The van der Waals surface area contributed by atoms with Crippen LogP contribution in [0, 0.1) is 0 Å². The Morgan fingerprint density at radius 1 is 1.19 bits per heavy atom. The van der Waals surface area contributed by atoms with Gasteiger partial charge in [-0.15, -0.1) is 0 Å². The van der Waals surface area contributed by atoms with E-state index in [-0.39, 0.29) is 17.5 Å². The standard InChI is InChI=1S/C20H25N3O3/c1-4-6-13-23(3)20(25)15-11-12-21-17(14-15)19(24)22-16-9-7-8-10-18(16)26-5-2/h7-12,14H,4-6,13H2,1-3H3,(H,22,24). The molecule has 1 aromatic carbocycles. The Labute approximate surface area is 154 Å². The number of amides is 2. The summed E-state index contributed by atoms with van der Waals surface area (Å²) in [6, 6.07) is 10.3. The molecule has 0 aliphatic rings. The molecule has 0 radical (unpaired) electrons. The van der Waals surface area contributed by atoms with Crippen LogP contribution < -0.4 is 10.1 Å². The molecule has 0 aliphatic heterocycles. The van der Waals surface area contributed by atoms with Gasteiger partial charge in [-0.2, -0.15) is 0 Å². The van der Waals surface area contributed by atoms with Gasteiger partial charge in [0.15, 0.2) is 0 Å². The van der Waals surface area contributed by atoms with Crippen molar-refractivity contribution >= 4 is 17.5 Å². The molecule has 6 nitrogen and oxygen atoms in total. The summed E-state index contributed by atoms with van der Waals surface area (Å²) in [6.45, 7) is 5.14. The molecule has 1 N–H and O–H groups in total. The van der Waals surface area contributed by atoms with E-state index in [0.717, 1.165) is 12.8 Å². The van der Waals surface area contributed by atoms with Crippen molar-refractivity contribution in [3.63, 3.8) is 0 Å². The molecule has 2 aromatic rings. The first-order valence-corrected chi connectivity index (χ1v) is 8.81. The minimum atomic E-state index is -0.386. The fraction of sp³-hybridized carbons (Fsp3) is 0.350. The van der Waals surface area contributed by atoms with Gasteiger partial charge in [0.05, 0.1) is 12.3 Å². The highest BCUT2D eigenvalue weighted by atomic mass is 16.5.